The number of esters is 1. The first-order valence-electron chi connectivity index (χ1n) is 9.43. The molecule has 1 unspecified atom stereocenters. The van der Waals surface area contributed by atoms with Crippen LogP contribution in [-0.2, 0) is 24.3 Å². The predicted molar refractivity (Wildman–Crippen MR) is 115 cm³/mol. The molecule has 3 rings (SSSR count). The standard InChI is InChI=1S/C20H22ClN3O6S/c1-13(30-20(26)14-2-7-17(21)18(22)12-14)19(25)23-15-3-5-16(6-4-15)31(27,28)24-8-10-29-11-9-24/h2-7,12-13H,8-11,22H2,1H3,(H,23,25). The van der Waals surface area contributed by atoms with E-state index >= 15 is 0 Å². The molecule has 0 radical (unpaired) electrons. The molecule has 0 bridgehead atoms. The predicted octanol–water partition coefficient (Wildman–Crippen LogP) is 2.13. The Balaban J connectivity index is 1.60. The minimum Gasteiger partial charge on any atom is -0.449 e. The fourth-order valence-corrected chi connectivity index (χ4v) is 4.37. The molecule has 1 aliphatic heterocycles. The Bertz CT molecular complexity index is 1070. The maximum absolute atomic E-state index is 12.6. The minimum absolute atomic E-state index is 0.118. The number of hydrogen-bond acceptors (Lipinski definition) is 7. The van der Waals surface area contributed by atoms with Gasteiger partial charge in [0, 0.05) is 18.8 Å². The molecule has 3 N–H and O–H groups in total. The van der Waals surface area contributed by atoms with Crippen LogP contribution in [0.3, 0.4) is 0 Å². The maximum atomic E-state index is 12.6. The largest absolute Gasteiger partial charge is 0.449 e. The average Bonchev–Trinajstić information content (AvgIpc) is 2.76. The fourth-order valence-electron chi connectivity index (χ4n) is 2.84. The van der Waals surface area contributed by atoms with E-state index in [0.29, 0.717) is 37.0 Å². The molecule has 2 aromatic carbocycles. The van der Waals surface area contributed by atoms with Crippen LogP contribution in [0.5, 0.6) is 0 Å². The zero-order valence-electron chi connectivity index (χ0n) is 16.7. The van der Waals surface area contributed by atoms with Gasteiger partial charge in [0.15, 0.2) is 6.10 Å². The number of rotatable bonds is 6. The van der Waals surface area contributed by atoms with Crippen molar-refractivity contribution in [1.82, 2.24) is 4.31 Å². The Morgan fingerprint density at radius 3 is 2.42 bits per heavy atom. The first-order chi connectivity index (χ1) is 14.7. The molecule has 1 atom stereocenters. The first-order valence-corrected chi connectivity index (χ1v) is 11.2. The zero-order chi connectivity index (χ0) is 22.6. The highest BCUT2D eigenvalue weighted by molar-refractivity contribution is 7.89. The normalized spacial score (nSPS) is 15.8. The van der Waals surface area contributed by atoms with Crippen molar-refractivity contribution in [2.75, 3.05) is 37.4 Å². The number of carbonyl (C=O) groups is 2. The first kappa shape index (κ1) is 23.0. The van der Waals surface area contributed by atoms with Crippen LogP contribution in [0.25, 0.3) is 0 Å². The number of nitrogen functional groups attached to an aromatic ring is 1. The molecule has 166 valence electrons. The Morgan fingerprint density at radius 1 is 1.16 bits per heavy atom. The van der Waals surface area contributed by atoms with Gasteiger partial charge < -0.3 is 20.5 Å². The number of ether oxygens (including phenoxy) is 2. The summed E-state index contributed by atoms with van der Waals surface area (Å²) in [7, 11) is -3.63. The lowest BCUT2D eigenvalue weighted by atomic mass is 10.2. The van der Waals surface area contributed by atoms with Gasteiger partial charge in [-0.15, -0.1) is 0 Å². The number of hydrogen-bond donors (Lipinski definition) is 2. The summed E-state index contributed by atoms with van der Waals surface area (Å²) < 4.78 is 37.0. The number of halogens is 1. The second-order valence-corrected chi connectivity index (χ2v) is 9.16. The fraction of sp³-hybridized carbons (Fsp3) is 0.300. The third-order valence-electron chi connectivity index (χ3n) is 4.61. The van der Waals surface area contributed by atoms with E-state index < -0.39 is 28.0 Å². The highest BCUT2D eigenvalue weighted by Gasteiger charge is 2.26. The van der Waals surface area contributed by atoms with Crippen molar-refractivity contribution in [3.05, 3.63) is 53.1 Å². The summed E-state index contributed by atoms with van der Waals surface area (Å²) >= 11 is 5.83. The molecular weight excluding hydrogens is 446 g/mol. The van der Waals surface area contributed by atoms with Crippen LogP contribution in [0.4, 0.5) is 11.4 Å². The van der Waals surface area contributed by atoms with Gasteiger partial charge in [-0.25, -0.2) is 13.2 Å². The van der Waals surface area contributed by atoms with Gasteiger partial charge in [0.25, 0.3) is 5.91 Å². The third kappa shape index (κ3) is 5.53. The van der Waals surface area contributed by atoms with Crippen molar-refractivity contribution in [2.24, 2.45) is 0 Å². The van der Waals surface area contributed by atoms with Crippen molar-refractivity contribution >= 4 is 44.9 Å². The van der Waals surface area contributed by atoms with Gasteiger partial charge in [-0.3, -0.25) is 4.79 Å². The molecule has 2 aromatic rings. The molecule has 0 saturated carbocycles. The van der Waals surface area contributed by atoms with Gasteiger partial charge >= 0.3 is 5.97 Å². The van der Waals surface area contributed by atoms with Gasteiger partial charge in [0.1, 0.15) is 0 Å². The van der Waals surface area contributed by atoms with Crippen LogP contribution in [-0.4, -0.2) is 57.0 Å². The van der Waals surface area contributed by atoms with E-state index in [1.165, 1.54) is 53.7 Å². The van der Waals surface area contributed by atoms with Crippen molar-refractivity contribution in [2.45, 2.75) is 17.9 Å². The van der Waals surface area contributed by atoms with E-state index in [0.717, 1.165) is 0 Å². The molecule has 11 heteroatoms. The molecule has 1 saturated heterocycles. The van der Waals surface area contributed by atoms with Crippen molar-refractivity contribution < 1.29 is 27.5 Å². The molecule has 31 heavy (non-hydrogen) atoms. The lowest BCUT2D eigenvalue weighted by Gasteiger charge is -2.26. The number of nitrogens with two attached hydrogens (primary N) is 1. The van der Waals surface area contributed by atoms with E-state index in [2.05, 4.69) is 5.32 Å². The highest BCUT2D eigenvalue weighted by atomic mass is 35.5. The summed E-state index contributed by atoms with van der Waals surface area (Å²) in [6.07, 6.45) is -1.10. The molecule has 1 aliphatic rings. The lowest BCUT2D eigenvalue weighted by Crippen LogP contribution is -2.40. The average molecular weight is 468 g/mol. The Kier molecular flexibility index (Phi) is 7.16. The maximum Gasteiger partial charge on any atom is 0.338 e. The van der Waals surface area contributed by atoms with Crippen molar-refractivity contribution in [3.8, 4) is 0 Å². The smallest absolute Gasteiger partial charge is 0.338 e. The minimum atomic E-state index is -3.63. The molecule has 1 heterocycles. The number of anilines is 2. The van der Waals surface area contributed by atoms with Crippen LogP contribution < -0.4 is 11.1 Å². The number of morpholine rings is 1. The van der Waals surface area contributed by atoms with Gasteiger partial charge in [0.2, 0.25) is 10.0 Å². The second kappa shape index (κ2) is 9.65. The molecule has 0 aromatic heterocycles. The van der Waals surface area contributed by atoms with Gasteiger partial charge in [0.05, 0.1) is 34.4 Å². The lowest BCUT2D eigenvalue weighted by molar-refractivity contribution is -0.123. The monoisotopic (exact) mass is 467 g/mol. The second-order valence-electron chi connectivity index (χ2n) is 6.81. The molecule has 1 fully saturated rings. The van der Waals surface area contributed by atoms with Crippen LogP contribution in [0, 0.1) is 0 Å². The van der Waals surface area contributed by atoms with Gasteiger partial charge in [-0.05, 0) is 49.4 Å². The van der Waals surface area contributed by atoms with Gasteiger partial charge in [-0.2, -0.15) is 4.31 Å². The summed E-state index contributed by atoms with van der Waals surface area (Å²) in [4.78, 5) is 24.7. The Labute approximate surface area is 185 Å². The molecule has 0 aliphatic carbocycles. The van der Waals surface area contributed by atoms with Crippen LogP contribution in [0.1, 0.15) is 17.3 Å². The van der Waals surface area contributed by atoms with E-state index in [4.69, 9.17) is 26.8 Å². The van der Waals surface area contributed by atoms with Crippen molar-refractivity contribution in [3.63, 3.8) is 0 Å². The SMILES string of the molecule is CC(OC(=O)c1ccc(Cl)c(N)c1)C(=O)Nc1ccc(S(=O)(=O)N2CCOCC2)cc1. The quantitative estimate of drug-likeness (QED) is 0.492. The van der Waals surface area contributed by atoms with E-state index in [1.54, 1.807) is 0 Å². The summed E-state index contributed by atoms with van der Waals surface area (Å²) in [6, 6.07) is 10.0. The van der Waals surface area contributed by atoms with E-state index in [9.17, 15) is 18.0 Å². The number of benzene rings is 2. The molecular formula is C20H22ClN3O6S. The number of carbonyl (C=O) groups excluding carboxylic acids is 2. The van der Waals surface area contributed by atoms with Crippen LogP contribution >= 0.6 is 11.6 Å². The summed E-state index contributed by atoms with van der Waals surface area (Å²) in [6.45, 7) is 2.72. The molecule has 9 nitrogen and oxygen atoms in total. The summed E-state index contributed by atoms with van der Waals surface area (Å²) in [5.74, 6) is -1.29. The number of sulfonamides is 1. The third-order valence-corrected chi connectivity index (χ3v) is 6.87. The number of nitrogens with zero attached hydrogens (tertiary/aromatic N) is 1. The van der Waals surface area contributed by atoms with Crippen molar-refractivity contribution in [1.29, 1.82) is 0 Å². The number of nitrogens with one attached hydrogen (secondary N) is 1. The van der Waals surface area contributed by atoms with E-state index in [-0.39, 0.29) is 16.1 Å². The Hall–Kier alpha value is -2.66. The van der Waals surface area contributed by atoms with Crippen LogP contribution in [0.15, 0.2) is 47.4 Å². The van der Waals surface area contributed by atoms with Gasteiger partial charge in [-0.1, -0.05) is 11.6 Å². The topological polar surface area (TPSA) is 128 Å². The highest BCUT2D eigenvalue weighted by Crippen LogP contribution is 2.21. The Morgan fingerprint density at radius 2 is 1.81 bits per heavy atom. The summed E-state index contributed by atoms with van der Waals surface area (Å²) in [5, 5.41) is 2.89. The zero-order valence-corrected chi connectivity index (χ0v) is 18.3. The van der Waals surface area contributed by atoms with E-state index in [1.807, 2.05) is 0 Å². The molecule has 0 spiro atoms. The van der Waals surface area contributed by atoms with Crippen LogP contribution in [0.2, 0.25) is 5.02 Å². The summed E-state index contributed by atoms with van der Waals surface area (Å²) in [5.41, 5.74) is 6.42. The molecule has 1 amide bonds. The number of amides is 1.